The first-order valence-electron chi connectivity index (χ1n) is 10.1. The zero-order chi connectivity index (χ0) is 25.3. The highest BCUT2D eigenvalue weighted by atomic mass is 16.5. The second-order valence-electron chi connectivity index (χ2n) is 7.26. The molecule has 1 aromatic rings. The van der Waals surface area contributed by atoms with Crippen LogP contribution in [-0.2, 0) is 14.3 Å². The first-order chi connectivity index (χ1) is 16.1. The summed E-state index contributed by atoms with van der Waals surface area (Å²) in [4.78, 5) is 26.5. The molecule has 12 heteroatoms. The molecule has 1 saturated heterocycles. The Kier molecular flexibility index (Phi) is 8.92. The van der Waals surface area contributed by atoms with E-state index < -0.39 is 24.0 Å². The minimum absolute atomic E-state index is 0.0911. The second kappa shape index (κ2) is 11.8. The Balaban J connectivity index is 2.00. The molecule has 0 aliphatic carbocycles. The lowest BCUT2D eigenvalue weighted by Crippen LogP contribution is -2.53. The molecule has 2 atom stereocenters. The van der Waals surface area contributed by atoms with Crippen LogP contribution in [0.4, 0.5) is 5.69 Å². The van der Waals surface area contributed by atoms with Gasteiger partial charge in [-0.2, -0.15) is 5.26 Å². The molecule has 2 unspecified atom stereocenters. The number of benzene rings is 1. The normalized spacial score (nSPS) is 18.2. The van der Waals surface area contributed by atoms with Gasteiger partial charge in [-0.15, -0.1) is 0 Å². The van der Waals surface area contributed by atoms with Crippen molar-refractivity contribution in [1.29, 1.82) is 26.9 Å². The molecule has 0 radical (unpaired) electrons. The van der Waals surface area contributed by atoms with Crippen LogP contribution in [0.1, 0.15) is 18.9 Å². The predicted octanol–water partition coefficient (Wildman–Crippen LogP) is 1.07. The number of allylic oxidation sites excluding steroid dienone is 2. The number of nitrogens with zero attached hydrogens (tertiary/aromatic N) is 2. The van der Waals surface area contributed by atoms with Gasteiger partial charge in [-0.1, -0.05) is 0 Å². The van der Waals surface area contributed by atoms with E-state index in [1.54, 1.807) is 37.3 Å². The van der Waals surface area contributed by atoms with E-state index in [9.17, 15) is 9.59 Å². The number of nitriles is 1. The van der Waals surface area contributed by atoms with Crippen molar-refractivity contribution in [1.82, 2.24) is 10.2 Å². The van der Waals surface area contributed by atoms with Gasteiger partial charge in [0, 0.05) is 23.7 Å². The van der Waals surface area contributed by atoms with E-state index >= 15 is 0 Å². The van der Waals surface area contributed by atoms with Crippen molar-refractivity contribution < 1.29 is 14.3 Å². The van der Waals surface area contributed by atoms with Gasteiger partial charge in [0.1, 0.15) is 29.6 Å². The number of ether oxygens (including phenoxy) is 1. The first kappa shape index (κ1) is 25.6. The molecule has 0 spiro atoms. The van der Waals surface area contributed by atoms with E-state index in [1.165, 1.54) is 17.2 Å². The summed E-state index contributed by atoms with van der Waals surface area (Å²) in [7, 11) is 0. The lowest BCUT2D eigenvalue weighted by atomic mass is 10.1. The molecule has 12 nitrogen and oxygen atoms in total. The quantitative estimate of drug-likeness (QED) is 0.210. The molecular weight excluding hydrogens is 438 g/mol. The Morgan fingerprint density at radius 1 is 1.32 bits per heavy atom. The van der Waals surface area contributed by atoms with Crippen LogP contribution >= 0.6 is 0 Å². The van der Waals surface area contributed by atoms with Crippen molar-refractivity contribution in [3.63, 3.8) is 0 Å². The molecular formula is C22H25N9O3. The van der Waals surface area contributed by atoms with Crippen LogP contribution in [0.25, 0.3) is 0 Å². The largest absolute Gasteiger partial charge is 0.384 e. The van der Waals surface area contributed by atoms with E-state index in [2.05, 4.69) is 10.6 Å². The second-order valence-corrected chi connectivity index (χ2v) is 7.26. The Morgan fingerprint density at radius 3 is 2.59 bits per heavy atom. The summed E-state index contributed by atoms with van der Waals surface area (Å²) in [6, 6.07) is 7.99. The highest BCUT2D eigenvalue weighted by Crippen LogP contribution is 2.17. The highest BCUT2D eigenvalue weighted by Gasteiger charge is 2.36. The maximum absolute atomic E-state index is 12.8. The predicted molar refractivity (Wildman–Crippen MR) is 127 cm³/mol. The summed E-state index contributed by atoms with van der Waals surface area (Å²) in [6.07, 6.45) is 2.91. The zero-order valence-electron chi connectivity index (χ0n) is 18.4. The number of amidine groups is 2. The number of carbonyl (C=O) groups is 2. The number of rotatable bonds is 9. The van der Waals surface area contributed by atoms with Crippen molar-refractivity contribution >= 4 is 41.1 Å². The third-order valence-electron chi connectivity index (χ3n) is 4.59. The molecule has 1 heterocycles. The summed E-state index contributed by atoms with van der Waals surface area (Å²) < 4.78 is 5.63. The van der Waals surface area contributed by atoms with Gasteiger partial charge >= 0.3 is 0 Å². The highest BCUT2D eigenvalue weighted by molar-refractivity contribution is 6.08. The molecule has 2 rings (SSSR count). The Bertz CT molecular complexity index is 1100. The number of carbonyl (C=O) groups excluding carboxylic acids is 2. The van der Waals surface area contributed by atoms with Gasteiger partial charge in [-0.25, -0.2) is 0 Å². The number of amides is 2. The van der Waals surface area contributed by atoms with Gasteiger partial charge in [-0.05, 0) is 43.3 Å². The molecule has 1 aliphatic heterocycles. The molecule has 0 aromatic heterocycles. The van der Waals surface area contributed by atoms with Crippen LogP contribution in [0.15, 0.2) is 48.3 Å². The lowest BCUT2D eigenvalue weighted by molar-refractivity contribution is -0.156. The van der Waals surface area contributed by atoms with E-state index in [0.717, 1.165) is 12.3 Å². The fourth-order valence-corrected chi connectivity index (χ4v) is 2.99. The third-order valence-corrected chi connectivity index (χ3v) is 4.59. The van der Waals surface area contributed by atoms with E-state index in [-0.39, 0.29) is 36.0 Å². The summed E-state index contributed by atoms with van der Waals surface area (Å²) >= 11 is 0. The fourth-order valence-electron chi connectivity index (χ4n) is 2.99. The average molecular weight is 464 g/mol. The average Bonchev–Trinajstić information content (AvgIpc) is 2.80. The molecule has 2 amide bonds. The van der Waals surface area contributed by atoms with Gasteiger partial charge < -0.3 is 26.5 Å². The SMILES string of the molecule is CC1CN(C(=N)/C=C\N/C(C=N)=C/C(=N)C#N)C(=O)C(CC(=O)Nc2ccc(C(=N)N)cc2)O1. The number of morpholine rings is 1. The molecule has 34 heavy (non-hydrogen) atoms. The topological polar surface area (TPSA) is 216 Å². The van der Waals surface area contributed by atoms with Gasteiger partial charge in [0.15, 0.2) is 0 Å². The van der Waals surface area contributed by atoms with Gasteiger partial charge in [0.25, 0.3) is 5.91 Å². The number of hydrogen-bond acceptors (Lipinski definition) is 9. The Hall–Kier alpha value is -4.63. The standard InChI is InChI=1S/C22H25N9O3/c1-13-12-31(19(26)6-7-29-17(11-24)8-15(25)10-23)22(33)18(34-13)9-20(32)30-16-4-2-14(3-5-16)21(27)28/h2-8,11,13,18,24-26,29H,9,12H2,1H3,(H3,27,28)(H,30,32)/b7-6-,17-8+,24-11?,25-15?,26-19?. The lowest BCUT2D eigenvalue weighted by Gasteiger charge is -2.35. The molecule has 8 N–H and O–H groups in total. The monoisotopic (exact) mass is 463 g/mol. The molecule has 1 fully saturated rings. The number of nitrogens with two attached hydrogens (primary N) is 1. The van der Waals surface area contributed by atoms with Crippen molar-refractivity contribution in [3.8, 4) is 6.07 Å². The van der Waals surface area contributed by atoms with Crippen LogP contribution in [0.5, 0.6) is 0 Å². The molecule has 1 aromatic carbocycles. The minimum Gasteiger partial charge on any atom is -0.384 e. The first-order valence-corrected chi connectivity index (χ1v) is 10.1. The van der Waals surface area contributed by atoms with Gasteiger partial charge in [0.2, 0.25) is 5.91 Å². The number of anilines is 1. The molecule has 1 aliphatic rings. The zero-order valence-corrected chi connectivity index (χ0v) is 18.4. The molecule has 176 valence electrons. The third kappa shape index (κ3) is 7.21. The van der Waals surface area contributed by atoms with Crippen LogP contribution < -0.4 is 16.4 Å². The number of nitrogen functional groups attached to an aromatic ring is 1. The number of hydrogen-bond donors (Lipinski definition) is 7. The fraction of sp³-hybridized carbons (Fsp3) is 0.227. The summed E-state index contributed by atoms with van der Waals surface area (Å²) in [5, 5.41) is 44.2. The Morgan fingerprint density at radius 2 is 2.00 bits per heavy atom. The van der Waals surface area contributed by atoms with Crippen LogP contribution in [0, 0.1) is 33.0 Å². The minimum atomic E-state index is -1.07. The molecule has 0 bridgehead atoms. The van der Waals surface area contributed by atoms with Crippen molar-refractivity contribution in [3.05, 3.63) is 53.9 Å². The van der Waals surface area contributed by atoms with Crippen LogP contribution in [0.3, 0.4) is 0 Å². The maximum Gasteiger partial charge on any atom is 0.257 e. The summed E-state index contributed by atoms with van der Waals surface area (Å²) in [5.41, 5.74) is 6.21. The number of nitrogens with one attached hydrogen (secondary N) is 6. The van der Waals surface area contributed by atoms with Gasteiger partial charge in [-0.3, -0.25) is 30.7 Å². The maximum atomic E-state index is 12.8. The van der Waals surface area contributed by atoms with E-state index in [4.69, 9.17) is 37.4 Å². The van der Waals surface area contributed by atoms with Crippen LogP contribution in [-0.4, -0.2) is 59.1 Å². The smallest absolute Gasteiger partial charge is 0.257 e. The van der Waals surface area contributed by atoms with E-state index in [1.807, 2.05) is 0 Å². The summed E-state index contributed by atoms with van der Waals surface area (Å²) in [6.45, 7) is 1.85. The van der Waals surface area contributed by atoms with Crippen molar-refractivity contribution in [2.24, 2.45) is 5.73 Å². The Labute approximate surface area is 196 Å². The van der Waals surface area contributed by atoms with Crippen LogP contribution in [0.2, 0.25) is 0 Å². The van der Waals surface area contributed by atoms with Crippen molar-refractivity contribution in [2.75, 3.05) is 11.9 Å². The van der Waals surface area contributed by atoms with E-state index in [0.29, 0.717) is 11.3 Å². The van der Waals surface area contributed by atoms with Gasteiger partial charge in [0.05, 0.1) is 24.8 Å². The van der Waals surface area contributed by atoms with Crippen molar-refractivity contribution in [2.45, 2.75) is 25.6 Å². The molecule has 0 saturated carbocycles. The summed E-state index contributed by atoms with van der Waals surface area (Å²) in [5.74, 6) is -1.24.